The van der Waals surface area contributed by atoms with Gasteiger partial charge in [-0.05, 0) is 37.3 Å². The maximum Gasteiger partial charge on any atom is 0.300 e. The van der Waals surface area contributed by atoms with Crippen LogP contribution in [0.25, 0.3) is 22.1 Å². The van der Waals surface area contributed by atoms with Crippen LogP contribution in [0.1, 0.15) is 16.8 Å². The fourth-order valence-corrected chi connectivity index (χ4v) is 7.02. The van der Waals surface area contributed by atoms with Crippen molar-refractivity contribution in [2.24, 2.45) is 0 Å². The Hall–Kier alpha value is -3.89. The molecule has 0 N–H and O–H groups in total. The van der Waals surface area contributed by atoms with E-state index in [2.05, 4.69) is 14.8 Å². The molecule has 0 bridgehead atoms. The largest absolute Gasteiger partial charge is 0.422 e. The summed E-state index contributed by atoms with van der Waals surface area (Å²) in [6, 6.07) is 19.2. The van der Waals surface area contributed by atoms with E-state index in [1.165, 1.54) is 0 Å². The number of rotatable bonds is 4. The maximum atomic E-state index is 13.8. The highest BCUT2D eigenvalue weighted by Gasteiger charge is 2.31. The van der Waals surface area contributed by atoms with Gasteiger partial charge in [0.05, 0.1) is 23.6 Å². The van der Waals surface area contributed by atoms with E-state index < -0.39 is 10.0 Å². The van der Waals surface area contributed by atoms with Crippen molar-refractivity contribution in [2.75, 3.05) is 42.6 Å². The topological polar surface area (TPSA) is 93.7 Å². The Balaban J connectivity index is 1.26. The first-order chi connectivity index (χ1) is 18.5. The van der Waals surface area contributed by atoms with Gasteiger partial charge in [-0.3, -0.25) is 0 Å². The number of nitrogens with zero attached hydrogens (tertiary/aromatic N) is 5. The Morgan fingerprint density at radius 1 is 0.868 bits per heavy atom. The first-order valence-electron chi connectivity index (χ1n) is 12.8. The van der Waals surface area contributed by atoms with Crippen molar-refractivity contribution in [2.45, 2.75) is 24.8 Å². The predicted octanol–water partition coefficient (Wildman–Crippen LogP) is 4.12. The number of anilines is 2. The van der Waals surface area contributed by atoms with Gasteiger partial charge in [0.25, 0.3) is 16.0 Å². The lowest BCUT2D eigenvalue weighted by Gasteiger charge is -2.29. The highest BCUT2D eigenvalue weighted by atomic mass is 32.2. The number of hydrogen-bond acceptors (Lipinski definition) is 8. The van der Waals surface area contributed by atoms with Crippen LogP contribution in [-0.2, 0) is 27.7 Å². The van der Waals surface area contributed by atoms with Crippen LogP contribution < -0.4 is 9.80 Å². The number of fused-ring (bicyclic) bond motifs is 4. The van der Waals surface area contributed by atoms with Crippen molar-refractivity contribution in [1.29, 1.82) is 0 Å². The Bertz CT molecular complexity index is 1770. The number of aryl methyl sites for hydroxylation is 1. The van der Waals surface area contributed by atoms with E-state index >= 15 is 0 Å². The average molecular weight is 530 g/mol. The molecule has 0 atom stereocenters. The van der Waals surface area contributed by atoms with Crippen LogP contribution in [-0.4, -0.2) is 55.2 Å². The predicted molar refractivity (Wildman–Crippen MR) is 145 cm³/mol. The second-order valence-corrected chi connectivity index (χ2v) is 11.6. The van der Waals surface area contributed by atoms with Gasteiger partial charge in [0.15, 0.2) is 5.58 Å². The molecular weight excluding hydrogens is 502 g/mol. The fourth-order valence-electron chi connectivity index (χ4n) is 5.42. The number of morpholine rings is 1. The van der Waals surface area contributed by atoms with Gasteiger partial charge in [-0.1, -0.05) is 35.9 Å². The molecule has 2 aromatic carbocycles. The smallest absolute Gasteiger partial charge is 0.300 e. The second kappa shape index (κ2) is 8.85. The number of ether oxygens (including phenoxy) is 1. The van der Waals surface area contributed by atoms with Gasteiger partial charge in [-0.2, -0.15) is 4.98 Å². The molecule has 1 saturated heterocycles. The number of benzene rings is 2. The number of aromatic nitrogens is 3. The van der Waals surface area contributed by atoms with E-state index in [-0.39, 0.29) is 0 Å². The molecule has 9 nitrogen and oxygen atoms in total. The second-order valence-electron chi connectivity index (χ2n) is 9.78. The Morgan fingerprint density at radius 3 is 2.47 bits per heavy atom. The van der Waals surface area contributed by atoms with E-state index in [4.69, 9.17) is 14.1 Å². The SMILES string of the molecule is Cc1ccc(S(=O)(=O)n2c3c(c4ccccc42)CN(c2ccc4oc(N5CCOCC5)nc4n2)CC3)cc1. The summed E-state index contributed by atoms with van der Waals surface area (Å²) in [5, 5.41) is 0.944. The lowest BCUT2D eigenvalue weighted by Crippen LogP contribution is -2.36. The molecule has 38 heavy (non-hydrogen) atoms. The zero-order valence-corrected chi connectivity index (χ0v) is 21.8. The zero-order valence-electron chi connectivity index (χ0n) is 21.0. The molecule has 2 aliphatic heterocycles. The molecule has 1 fully saturated rings. The van der Waals surface area contributed by atoms with Gasteiger partial charge in [0, 0.05) is 49.2 Å². The van der Waals surface area contributed by atoms with Crippen molar-refractivity contribution in [3.8, 4) is 0 Å². The van der Waals surface area contributed by atoms with Crippen LogP contribution in [0.15, 0.2) is 70.0 Å². The van der Waals surface area contributed by atoms with Gasteiger partial charge in [0.1, 0.15) is 5.82 Å². The van der Waals surface area contributed by atoms with E-state index in [1.54, 1.807) is 16.1 Å². The summed E-state index contributed by atoms with van der Waals surface area (Å²) in [6.45, 7) is 5.93. The van der Waals surface area contributed by atoms with E-state index in [0.29, 0.717) is 60.4 Å². The van der Waals surface area contributed by atoms with Crippen LogP contribution in [0.3, 0.4) is 0 Å². The number of oxazole rings is 1. The van der Waals surface area contributed by atoms with Crippen molar-refractivity contribution in [3.63, 3.8) is 0 Å². The quantitative estimate of drug-likeness (QED) is 0.343. The third-order valence-corrected chi connectivity index (χ3v) is 9.17. The minimum absolute atomic E-state index is 0.295. The summed E-state index contributed by atoms with van der Waals surface area (Å²) in [5.74, 6) is 0.795. The summed E-state index contributed by atoms with van der Waals surface area (Å²) < 4.78 is 40.6. The van der Waals surface area contributed by atoms with Gasteiger partial charge >= 0.3 is 0 Å². The molecule has 0 radical (unpaired) electrons. The van der Waals surface area contributed by atoms with Crippen LogP contribution in [0.5, 0.6) is 0 Å². The monoisotopic (exact) mass is 529 g/mol. The van der Waals surface area contributed by atoms with Crippen LogP contribution >= 0.6 is 0 Å². The molecular formula is C28H27N5O4S. The number of hydrogen-bond donors (Lipinski definition) is 0. The first-order valence-corrected chi connectivity index (χ1v) is 14.2. The van der Waals surface area contributed by atoms with Gasteiger partial charge in [-0.25, -0.2) is 17.4 Å². The summed E-state index contributed by atoms with van der Waals surface area (Å²) in [4.78, 5) is 14.0. The normalized spacial score (nSPS) is 16.3. The third-order valence-electron chi connectivity index (χ3n) is 7.40. The van der Waals surface area contributed by atoms with E-state index in [9.17, 15) is 8.42 Å². The lowest BCUT2D eigenvalue weighted by molar-refractivity contribution is 0.120. The molecule has 194 valence electrons. The van der Waals surface area contributed by atoms with Crippen LogP contribution in [0.4, 0.5) is 11.8 Å². The van der Waals surface area contributed by atoms with Crippen LogP contribution in [0.2, 0.25) is 0 Å². The fraction of sp³-hybridized carbons (Fsp3) is 0.286. The standard InChI is InChI=1S/C28H27N5O4S/c1-19-6-8-20(9-7-19)38(34,35)33-23-5-3-2-4-21(23)22-18-32(13-12-24(22)33)26-11-10-25-27(29-26)30-28(37-25)31-14-16-36-17-15-31/h2-11H,12-18H2,1H3. The molecule has 0 spiro atoms. The number of pyridine rings is 1. The molecule has 7 rings (SSSR count). The molecule has 0 saturated carbocycles. The van der Waals surface area contributed by atoms with E-state index in [1.807, 2.05) is 55.5 Å². The van der Waals surface area contributed by atoms with Crippen molar-refractivity contribution >= 4 is 44.0 Å². The summed E-state index contributed by atoms with van der Waals surface area (Å²) in [7, 11) is -3.75. The zero-order chi connectivity index (χ0) is 25.9. The molecule has 0 amide bonds. The molecule has 5 heterocycles. The molecule has 0 unspecified atom stereocenters. The number of para-hydroxylation sites is 1. The molecule has 2 aliphatic rings. The molecule has 5 aromatic rings. The minimum atomic E-state index is -3.75. The maximum absolute atomic E-state index is 13.8. The summed E-state index contributed by atoms with van der Waals surface area (Å²) in [5.41, 5.74) is 4.79. The lowest BCUT2D eigenvalue weighted by atomic mass is 10.0. The van der Waals surface area contributed by atoms with E-state index in [0.717, 1.165) is 41.1 Å². The summed E-state index contributed by atoms with van der Waals surface area (Å²) in [6.07, 6.45) is 0.576. The van der Waals surface area contributed by atoms with Gasteiger partial charge in [0.2, 0.25) is 5.65 Å². The van der Waals surface area contributed by atoms with Crippen molar-refractivity contribution < 1.29 is 17.6 Å². The molecule has 10 heteroatoms. The van der Waals surface area contributed by atoms with Gasteiger partial charge in [-0.15, -0.1) is 0 Å². The molecule has 3 aromatic heterocycles. The third kappa shape index (κ3) is 3.74. The first kappa shape index (κ1) is 23.2. The Labute approximate surface area is 220 Å². The molecule has 0 aliphatic carbocycles. The van der Waals surface area contributed by atoms with Crippen LogP contribution in [0, 0.1) is 6.92 Å². The highest BCUT2D eigenvalue weighted by Crippen LogP contribution is 2.35. The minimum Gasteiger partial charge on any atom is -0.422 e. The van der Waals surface area contributed by atoms with Gasteiger partial charge < -0.3 is 19.0 Å². The Morgan fingerprint density at radius 2 is 1.66 bits per heavy atom. The van der Waals surface area contributed by atoms with Crippen molar-refractivity contribution in [1.82, 2.24) is 13.9 Å². The van der Waals surface area contributed by atoms with Crippen molar-refractivity contribution in [3.05, 3.63) is 77.5 Å². The average Bonchev–Trinajstić information content (AvgIpc) is 3.52. The summed E-state index contributed by atoms with van der Waals surface area (Å²) >= 11 is 0. The highest BCUT2D eigenvalue weighted by molar-refractivity contribution is 7.90. The Kier molecular flexibility index (Phi) is 5.41.